The van der Waals surface area contributed by atoms with Crippen molar-refractivity contribution in [1.82, 2.24) is 0 Å². The van der Waals surface area contributed by atoms with Gasteiger partial charge in [0.1, 0.15) is 0 Å². The average Bonchev–Trinajstić information content (AvgIpc) is 2.75. The van der Waals surface area contributed by atoms with Crippen molar-refractivity contribution in [2.45, 2.75) is 183 Å². The number of hydrogen-bond donors (Lipinski definition) is 2. The molecule has 0 amide bonds. The van der Waals surface area contributed by atoms with E-state index in [1.54, 1.807) is 111 Å². The Morgan fingerprint density at radius 1 is 0.400 bits per heavy atom. The molecule has 0 spiro atoms. The molecule has 2 atom stereocenters. The summed E-state index contributed by atoms with van der Waals surface area (Å²) in [4.78, 5) is 23.5. The Labute approximate surface area is 300 Å². The van der Waals surface area contributed by atoms with Crippen LogP contribution in [0.1, 0.15) is 111 Å². The topological polar surface area (TPSA) is 206 Å². The van der Waals surface area contributed by atoms with Crippen LogP contribution < -0.4 is 21.7 Å². The SMILES string of the molecule is CC(C)OC(OC(C)C)(OC(C)C)[C@@](N)(OC(C)C)C(=O)[O-].CC(C)OC(OC(C)C)(OC(C)C)[C@@](N)(OC(C)C)C(=O)[O-].[Ca+2]. The first-order valence-electron chi connectivity index (χ1n) is 15.2. The number of ether oxygens (including phenoxy) is 8. The maximum Gasteiger partial charge on any atom is 2.00 e. The van der Waals surface area contributed by atoms with E-state index in [4.69, 9.17) is 49.4 Å². The van der Waals surface area contributed by atoms with Crippen LogP contribution in [0.15, 0.2) is 0 Å². The van der Waals surface area contributed by atoms with Crippen LogP contribution in [0.2, 0.25) is 0 Å². The van der Waals surface area contributed by atoms with Crippen molar-refractivity contribution in [3.63, 3.8) is 0 Å². The molecule has 0 saturated heterocycles. The van der Waals surface area contributed by atoms with E-state index in [1.807, 2.05) is 0 Å². The molecule has 0 bridgehead atoms. The van der Waals surface area contributed by atoms with E-state index in [2.05, 4.69) is 0 Å². The van der Waals surface area contributed by atoms with Gasteiger partial charge in [-0.15, -0.1) is 0 Å². The van der Waals surface area contributed by atoms with Crippen molar-refractivity contribution >= 4 is 49.7 Å². The Kier molecular flexibility index (Phi) is 23.0. The van der Waals surface area contributed by atoms with Crippen molar-refractivity contribution in [3.05, 3.63) is 0 Å². The van der Waals surface area contributed by atoms with Crippen molar-refractivity contribution < 1.29 is 57.7 Å². The first-order chi connectivity index (χ1) is 19.7. The maximum absolute atomic E-state index is 11.7. The summed E-state index contributed by atoms with van der Waals surface area (Å²) in [6.07, 6.45) is -3.54. The number of carbonyl (C=O) groups excluding carboxylic acids is 2. The van der Waals surface area contributed by atoms with Crippen molar-refractivity contribution in [3.8, 4) is 0 Å². The summed E-state index contributed by atoms with van der Waals surface area (Å²) in [5.74, 6) is -7.62. The molecule has 0 aliphatic heterocycles. The first-order valence-corrected chi connectivity index (χ1v) is 15.2. The van der Waals surface area contributed by atoms with E-state index >= 15 is 0 Å². The Bertz CT molecular complexity index is 734. The van der Waals surface area contributed by atoms with Gasteiger partial charge in [0.15, 0.2) is 0 Å². The normalized spacial score (nSPS) is 15.5. The maximum atomic E-state index is 11.7. The number of carboxylic acid groups (broad SMARTS) is 2. The summed E-state index contributed by atoms with van der Waals surface area (Å²) in [7, 11) is 0. The minimum absolute atomic E-state index is 0. The van der Waals surface area contributed by atoms with Crippen LogP contribution in [0.25, 0.3) is 0 Å². The third-order valence-electron chi connectivity index (χ3n) is 4.70. The molecule has 15 heteroatoms. The van der Waals surface area contributed by atoms with Gasteiger partial charge in [-0.2, -0.15) is 0 Å². The molecule has 0 aromatic heterocycles. The smallest absolute Gasteiger partial charge is 0.545 e. The van der Waals surface area contributed by atoms with Gasteiger partial charge in [0.25, 0.3) is 0 Å². The Morgan fingerprint density at radius 2 is 0.533 bits per heavy atom. The summed E-state index contributed by atoms with van der Waals surface area (Å²) in [6, 6.07) is 0. The predicted octanol–water partition coefficient (Wildman–Crippen LogP) is 1.11. The molecule has 0 aromatic rings. The molecule has 0 radical (unpaired) electrons. The fourth-order valence-corrected chi connectivity index (χ4v) is 3.79. The van der Waals surface area contributed by atoms with E-state index in [9.17, 15) is 19.8 Å². The van der Waals surface area contributed by atoms with Gasteiger partial charge in [0, 0.05) is 0 Å². The third-order valence-corrected chi connectivity index (χ3v) is 4.70. The van der Waals surface area contributed by atoms with Crippen LogP contribution in [0, 0.1) is 0 Å². The predicted molar refractivity (Wildman–Crippen MR) is 165 cm³/mol. The number of nitrogens with two attached hydrogens (primary N) is 2. The molecular formula is C30H60CaN2O12. The van der Waals surface area contributed by atoms with E-state index < -0.39 is 84.2 Å². The van der Waals surface area contributed by atoms with Crippen molar-refractivity contribution in [2.75, 3.05) is 0 Å². The second kappa shape index (κ2) is 21.0. The van der Waals surface area contributed by atoms with Crippen LogP contribution >= 0.6 is 0 Å². The fourth-order valence-electron chi connectivity index (χ4n) is 3.79. The minimum Gasteiger partial charge on any atom is -0.545 e. The van der Waals surface area contributed by atoms with Gasteiger partial charge in [-0.1, -0.05) is 0 Å². The second-order valence-electron chi connectivity index (χ2n) is 12.5. The first kappa shape index (κ1) is 49.2. The standard InChI is InChI=1S/2C15H31NO6.Ca/c2*1-9(2)19-14(16,13(17)18)15(20-10(3)4,21-11(5)6)22-12(7)8;/h2*9-12H,16H2,1-8H3,(H,17,18);/q;;+2/p-2/t2*14-;/m00./s1. The van der Waals surface area contributed by atoms with E-state index in [0.717, 1.165) is 0 Å². The summed E-state index contributed by atoms with van der Waals surface area (Å²) < 4.78 is 44.8. The molecule has 0 aliphatic rings. The summed E-state index contributed by atoms with van der Waals surface area (Å²) in [5.41, 5.74) is 7.15. The van der Waals surface area contributed by atoms with E-state index in [0.29, 0.717) is 0 Å². The van der Waals surface area contributed by atoms with Crippen LogP contribution in [0.3, 0.4) is 0 Å². The molecular weight excluding hydrogens is 620 g/mol. The van der Waals surface area contributed by atoms with Gasteiger partial charge in [-0.25, -0.2) is 0 Å². The van der Waals surface area contributed by atoms with E-state index in [1.165, 1.54) is 0 Å². The van der Waals surface area contributed by atoms with Crippen LogP contribution in [-0.2, 0) is 47.5 Å². The van der Waals surface area contributed by atoms with Gasteiger partial charge < -0.3 is 57.7 Å². The molecule has 45 heavy (non-hydrogen) atoms. The Balaban J connectivity index is -0.000000767. The fraction of sp³-hybridized carbons (Fsp3) is 0.933. The molecule has 0 aliphatic carbocycles. The number of carboxylic acids is 2. The molecule has 0 unspecified atom stereocenters. The van der Waals surface area contributed by atoms with Gasteiger partial charge in [-0.05, 0) is 111 Å². The molecule has 0 saturated carbocycles. The average molecular weight is 681 g/mol. The van der Waals surface area contributed by atoms with Crippen molar-refractivity contribution in [1.29, 1.82) is 0 Å². The summed E-state index contributed by atoms with van der Waals surface area (Å²) >= 11 is 0. The number of carbonyl (C=O) groups is 2. The number of aliphatic carboxylic acids is 2. The Hall–Kier alpha value is -0.200. The monoisotopic (exact) mass is 680 g/mol. The van der Waals surface area contributed by atoms with Gasteiger partial charge in [0.05, 0.1) is 60.8 Å². The summed E-state index contributed by atoms with van der Waals surface area (Å²) in [5, 5.41) is 23.5. The third kappa shape index (κ3) is 15.7. The molecule has 0 aromatic carbocycles. The number of rotatable bonds is 20. The number of hydrogen-bond acceptors (Lipinski definition) is 14. The van der Waals surface area contributed by atoms with Crippen LogP contribution in [-0.4, -0.2) is 122 Å². The molecule has 0 heterocycles. The van der Waals surface area contributed by atoms with Gasteiger partial charge >= 0.3 is 49.7 Å². The molecule has 264 valence electrons. The van der Waals surface area contributed by atoms with Crippen LogP contribution in [0.4, 0.5) is 0 Å². The molecule has 4 N–H and O–H groups in total. The zero-order valence-corrected chi connectivity index (χ0v) is 32.6. The quantitative estimate of drug-likeness (QED) is 0.137. The van der Waals surface area contributed by atoms with Gasteiger partial charge in [-0.3, -0.25) is 11.5 Å². The largest absolute Gasteiger partial charge is 2.00 e. The van der Waals surface area contributed by atoms with Crippen LogP contribution in [0.5, 0.6) is 0 Å². The molecule has 14 nitrogen and oxygen atoms in total. The minimum atomic E-state index is -2.43. The molecule has 0 fully saturated rings. The molecule has 0 rings (SSSR count). The zero-order chi connectivity index (χ0) is 35.4. The zero-order valence-electron chi connectivity index (χ0n) is 30.4. The van der Waals surface area contributed by atoms with Crippen molar-refractivity contribution in [2.24, 2.45) is 11.5 Å². The van der Waals surface area contributed by atoms with E-state index in [-0.39, 0.29) is 37.7 Å². The Morgan fingerprint density at radius 3 is 0.622 bits per heavy atom. The summed E-state index contributed by atoms with van der Waals surface area (Å²) in [6.45, 7) is 27.2. The van der Waals surface area contributed by atoms with Gasteiger partial charge in [0.2, 0.25) is 11.4 Å². The second-order valence-corrected chi connectivity index (χ2v) is 12.5.